The summed E-state index contributed by atoms with van der Waals surface area (Å²) in [4.78, 5) is 11.9. The number of carbonyl (C=O) groups is 1. The van der Waals surface area contributed by atoms with Gasteiger partial charge in [0.2, 0.25) is 10.0 Å². The molecule has 1 saturated carbocycles. The number of methoxy groups -OCH3 is 1. The highest BCUT2D eigenvalue weighted by Gasteiger charge is 2.43. The van der Waals surface area contributed by atoms with Gasteiger partial charge in [-0.1, -0.05) is 19.8 Å². The molecule has 24 heavy (non-hydrogen) atoms. The molecule has 1 aliphatic carbocycles. The van der Waals surface area contributed by atoms with Crippen LogP contribution in [-0.4, -0.2) is 33.6 Å². The van der Waals surface area contributed by atoms with Crippen LogP contribution in [0, 0.1) is 19.8 Å². The molecule has 2 atom stereocenters. The van der Waals surface area contributed by atoms with Gasteiger partial charge in [-0.2, -0.15) is 0 Å². The van der Waals surface area contributed by atoms with E-state index in [1.807, 2.05) is 6.92 Å². The molecule has 1 aromatic rings. The molecule has 0 amide bonds. The van der Waals surface area contributed by atoms with E-state index in [9.17, 15) is 13.2 Å². The van der Waals surface area contributed by atoms with Gasteiger partial charge in [0.1, 0.15) is 22.0 Å². The first-order valence-electron chi connectivity index (χ1n) is 8.11. The zero-order valence-corrected chi connectivity index (χ0v) is 15.5. The number of nitrogens with one attached hydrogen (secondary N) is 1. The molecule has 0 spiro atoms. The number of rotatable bonds is 5. The summed E-state index contributed by atoms with van der Waals surface area (Å²) in [5.74, 6) is -0.238. The van der Waals surface area contributed by atoms with E-state index in [2.05, 4.69) is 4.72 Å². The van der Waals surface area contributed by atoms with Gasteiger partial charge in [0.05, 0.1) is 7.11 Å². The lowest BCUT2D eigenvalue weighted by atomic mass is 9.74. The summed E-state index contributed by atoms with van der Waals surface area (Å²) in [5.41, 5.74) is 5.18. The van der Waals surface area contributed by atoms with E-state index in [4.69, 9.17) is 14.9 Å². The Morgan fingerprint density at radius 3 is 2.58 bits per heavy atom. The van der Waals surface area contributed by atoms with Crippen molar-refractivity contribution in [3.05, 3.63) is 17.1 Å². The fraction of sp³-hybridized carbons (Fsp3) is 0.688. The second-order valence-corrected chi connectivity index (χ2v) is 8.14. The average Bonchev–Trinajstić information content (AvgIpc) is 2.83. The molecule has 7 nitrogen and oxygen atoms in total. The molecule has 3 N–H and O–H groups in total. The van der Waals surface area contributed by atoms with Crippen molar-refractivity contribution in [2.24, 2.45) is 11.7 Å². The largest absolute Gasteiger partial charge is 0.465 e. The Hall–Kier alpha value is -1.38. The van der Waals surface area contributed by atoms with Gasteiger partial charge in [0.25, 0.3) is 0 Å². The summed E-state index contributed by atoms with van der Waals surface area (Å²) in [5, 5.41) is 0. The smallest absolute Gasteiger partial charge is 0.342 e. The monoisotopic (exact) mass is 358 g/mol. The van der Waals surface area contributed by atoms with Crippen LogP contribution in [0.15, 0.2) is 9.31 Å². The van der Waals surface area contributed by atoms with Crippen LogP contribution in [0.1, 0.15) is 54.5 Å². The molecular formula is C16H26N2O5S. The van der Waals surface area contributed by atoms with Gasteiger partial charge in [-0.25, -0.2) is 17.9 Å². The summed E-state index contributed by atoms with van der Waals surface area (Å²) in [7, 11) is -2.78. The summed E-state index contributed by atoms with van der Waals surface area (Å²) in [6, 6.07) is 0. The van der Waals surface area contributed by atoms with Crippen LogP contribution in [-0.2, 0) is 14.8 Å². The van der Waals surface area contributed by atoms with Gasteiger partial charge in [0.15, 0.2) is 0 Å². The van der Waals surface area contributed by atoms with E-state index in [-0.39, 0.29) is 34.4 Å². The number of hydrogen-bond donors (Lipinski definition) is 2. The zero-order valence-electron chi connectivity index (χ0n) is 14.6. The number of nitrogens with two attached hydrogens (primary N) is 1. The number of sulfonamides is 1. The van der Waals surface area contributed by atoms with Crippen molar-refractivity contribution in [2.45, 2.75) is 56.9 Å². The Labute approximate surface area is 143 Å². The Morgan fingerprint density at radius 1 is 1.38 bits per heavy atom. The number of aryl methyl sites for hydroxylation is 2. The summed E-state index contributed by atoms with van der Waals surface area (Å²) in [6.45, 7) is 5.27. The van der Waals surface area contributed by atoms with E-state index >= 15 is 0 Å². The minimum atomic E-state index is -3.98. The van der Waals surface area contributed by atoms with Crippen LogP contribution in [0.5, 0.6) is 0 Å². The summed E-state index contributed by atoms with van der Waals surface area (Å²) < 4.78 is 39.0. The molecular weight excluding hydrogens is 332 g/mol. The minimum Gasteiger partial charge on any atom is -0.465 e. The third kappa shape index (κ3) is 3.22. The van der Waals surface area contributed by atoms with Crippen LogP contribution in [0.2, 0.25) is 0 Å². The molecule has 0 bridgehead atoms. The zero-order chi connectivity index (χ0) is 18.1. The first-order valence-corrected chi connectivity index (χ1v) is 9.59. The molecule has 1 aromatic heterocycles. The summed E-state index contributed by atoms with van der Waals surface area (Å²) in [6.07, 6.45) is 3.56. The van der Waals surface area contributed by atoms with Crippen molar-refractivity contribution < 1.29 is 22.4 Å². The quantitative estimate of drug-likeness (QED) is 0.777. The molecule has 0 aromatic carbocycles. The maximum Gasteiger partial charge on any atom is 0.342 e. The van der Waals surface area contributed by atoms with Crippen molar-refractivity contribution in [1.82, 2.24) is 4.72 Å². The number of furan rings is 1. The van der Waals surface area contributed by atoms with E-state index < -0.39 is 21.5 Å². The molecule has 8 heteroatoms. The number of esters is 1. The Bertz CT molecular complexity index is 725. The lowest BCUT2D eigenvalue weighted by molar-refractivity contribution is 0.0594. The predicted octanol–water partition coefficient (Wildman–Crippen LogP) is 1.87. The van der Waals surface area contributed by atoms with Crippen molar-refractivity contribution >= 4 is 16.0 Å². The number of carbonyl (C=O) groups excluding carboxylic acids is 1. The topological polar surface area (TPSA) is 112 Å². The lowest BCUT2D eigenvalue weighted by Gasteiger charge is -2.42. The Balaban J connectivity index is 2.50. The van der Waals surface area contributed by atoms with Crippen LogP contribution >= 0.6 is 0 Å². The highest BCUT2D eigenvalue weighted by Crippen LogP contribution is 2.36. The van der Waals surface area contributed by atoms with Crippen molar-refractivity contribution in [3.63, 3.8) is 0 Å². The summed E-state index contributed by atoms with van der Waals surface area (Å²) >= 11 is 0. The second kappa shape index (κ2) is 6.85. The third-order valence-electron chi connectivity index (χ3n) is 5.02. The fourth-order valence-electron chi connectivity index (χ4n) is 3.55. The maximum absolute atomic E-state index is 13.1. The van der Waals surface area contributed by atoms with Gasteiger partial charge in [-0.3, -0.25) is 0 Å². The highest BCUT2D eigenvalue weighted by molar-refractivity contribution is 7.89. The predicted molar refractivity (Wildman–Crippen MR) is 89.3 cm³/mol. The van der Waals surface area contributed by atoms with E-state index in [1.165, 1.54) is 14.0 Å². The Morgan fingerprint density at radius 2 is 2.04 bits per heavy atom. The molecule has 2 rings (SSSR count). The molecule has 1 fully saturated rings. The molecule has 0 aliphatic heterocycles. The molecule has 2 unspecified atom stereocenters. The van der Waals surface area contributed by atoms with Crippen molar-refractivity contribution in [3.8, 4) is 0 Å². The molecule has 1 heterocycles. The van der Waals surface area contributed by atoms with E-state index in [0.717, 1.165) is 19.3 Å². The number of hydrogen-bond acceptors (Lipinski definition) is 6. The lowest BCUT2D eigenvalue weighted by Crippen LogP contribution is -2.59. The Kier molecular flexibility index (Phi) is 5.41. The van der Waals surface area contributed by atoms with Crippen LogP contribution in [0.3, 0.4) is 0 Å². The van der Waals surface area contributed by atoms with Gasteiger partial charge < -0.3 is 14.9 Å². The van der Waals surface area contributed by atoms with Crippen molar-refractivity contribution in [2.75, 3.05) is 13.7 Å². The van der Waals surface area contributed by atoms with Crippen LogP contribution in [0.4, 0.5) is 0 Å². The molecule has 0 radical (unpaired) electrons. The van der Waals surface area contributed by atoms with Gasteiger partial charge >= 0.3 is 5.97 Å². The first-order chi connectivity index (χ1) is 11.2. The van der Waals surface area contributed by atoms with Gasteiger partial charge in [-0.05, 0) is 32.6 Å². The standard InChI is InChI=1S/C16H26N2O5S/c1-10-7-5-6-8-16(10,9-17)18-24(20,21)14-12(3)23-11(2)13(14)15(19)22-4/h10,18H,5-9,17H2,1-4H3. The minimum absolute atomic E-state index is 0.0573. The van der Waals surface area contributed by atoms with Gasteiger partial charge in [-0.15, -0.1) is 0 Å². The average molecular weight is 358 g/mol. The van der Waals surface area contributed by atoms with Crippen molar-refractivity contribution in [1.29, 1.82) is 0 Å². The van der Waals surface area contributed by atoms with Crippen LogP contribution in [0.25, 0.3) is 0 Å². The van der Waals surface area contributed by atoms with Crippen LogP contribution < -0.4 is 10.5 Å². The normalized spacial score (nSPS) is 24.8. The molecule has 1 aliphatic rings. The van der Waals surface area contributed by atoms with E-state index in [0.29, 0.717) is 6.42 Å². The third-order valence-corrected chi connectivity index (χ3v) is 6.72. The second-order valence-electron chi connectivity index (χ2n) is 6.52. The fourth-order valence-corrected chi connectivity index (χ4v) is 5.49. The maximum atomic E-state index is 13.1. The number of ether oxygens (including phenoxy) is 1. The SMILES string of the molecule is COC(=O)c1c(C)oc(C)c1S(=O)(=O)NC1(CN)CCCCC1C. The highest BCUT2D eigenvalue weighted by atomic mass is 32.2. The molecule has 136 valence electrons. The first kappa shape index (κ1) is 19.0. The van der Waals surface area contributed by atoms with E-state index in [1.54, 1.807) is 6.92 Å². The molecule has 0 saturated heterocycles. The van der Waals surface area contributed by atoms with Gasteiger partial charge in [0, 0.05) is 12.1 Å².